The van der Waals surface area contributed by atoms with E-state index in [9.17, 15) is 9.59 Å². The fourth-order valence-electron chi connectivity index (χ4n) is 3.69. The molecule has 3 rings (SSSR count). The summed E-state index contributed by atoms with van der Waals surface area (Å²) < 4.78 is 0. The molecule has 0 spiro atoms. The molecule has 6 nitrogen and oxygen atoms in total. The summed E-state index contributed by atoms with van der Waals surface area (Å²) >= 11 is 0. The first-order valence-electron chi connectivity index (χ1n) is 9.20. The lowest BCUT2D eigenvalue weighted by Crippen LogP contribution is -2.37. The van der Waals surface area contributed by atoms with Crippen LogP contribution in [0.3, 0.4) is 0 Å². The number of carboxylic acid groups (broad SMARTS) is 1. The summed E-state index contributed by atoms with van der Waals surface area (Å²) in [6, 6.07) is 1.75. The van der Waals surface area contributed by atoms with Crippen LogP contribution >= 0.6 is 0 Å². The predicted octanol–water partition coefficient (Wildman–Crippen LogP) is 3.22. The Labute approximate surface area is 142 Å². The van der Waals surface area contributed by atoms with E-state index in [1.807, 2.05) is 6.07 Å². The average Bonchev–Trinajstić information content (AvgIpc) is 3.30. The van der Waals surface area contributed by atoms with Crippen molar-refractivity contribution in [3.05, 3.63) is 17.5 Å². The first kappa shape index (κ1) is 17.0. The van der Waals surface area contributed by atoms with Crippen LogP contribution in [0.25, 0.3) is 0 Å². The van der Waals surface area contributed by atoms with Gasteiger partial charge in [0.25, 0.3) is 5.91 Å². The second-order valence-electron chi connectivity index (χ2n) is 7.33. The van der Waals surface area contributed by atoms with Crippen molar-refractivity contribution in [3.63, 3.8) is 0 Å². The molecule has 0 saturated heterocycles. The molecule has 3 N–H and O–H groups in total. The Bertz CT molecular complexity index is 574. The van der Waals surface area contributed by atoms with Gasteiger partial charge in [0, 0.05) is 24.1 Å². The summed E-state index contributed by atoms with van der Waals surface area (Å²) in [6.07, 6.45) is 9.92. The quantitative estimate of drug-likeness (QED) is 0.680. The van der Waals surface area contributed by atoms with Gasteiger partial charge in [-0.2, -0.15) is 5.10 Å². The van der Waals surface area contributed by atoms with Gasteiger partial charge in [0.2, 0.25) is 0 Å². The Kier molecular flexibility index (Phi) is 5.53. The number of H-pyrrole nitrogens is 1. The van der Waals surface area contributed by atoms with Gasteiger partial charge >= 0.3 is 5.97 Å². The zero-order chi connectivity index (χ0) is 16.9. The minimum Gasteiger partial charge on any atom is -0.481 e. The standard InChI is InChI=1S/C18H27N3O3/c22-17(23)9-8-14(10-12-4-2-1-3-5-12)19-18(24)16-11-15(20-21-16)13-6-7-13/h11-14H,1-10H2,(H,19,24)(H,20,21)(H,22,23). The summed E-state index contributed by atoms with van der Waals surface area (Å²) in [5, 5.41) is 19.1. The number of carbonyl (C=O) groups is 2. The lowest BCUT2D eigenvalue weighted by molar-refractivity contribution is -0.137. The van der Waals surface area contributed by atoms with Crippen molar-refractivity contribution in [2.45, 2.75) is 76.2 Å². The van der Waals surface area contributed by atoms with Gasteiger partial charge in [0.15, 0.2) is 0 Å². The van der Waals surface area contributed by atoms with Crippen molar-refractivity contribution in [2.24, 2.45) is 5.92 Å². The van der Waals surface area contributed by atoms with Gasteiger partial charge in [-0.25, -0.2) is 0 Å². The van der Waals surface area contributed by atoms with Gasteiger partial charge < -0.3 is 10.4 Å². The number of hydrogen-bond acceptors (Lipinski definition) is 3. The van der Waals surface area contributed by atoms with Gasteiger partial charge in [0.05, 0.1) is 0 Å². The van der Waals surface area contributed by atoms with Gasteiger partial charge in [-0.15, -0.1) is 0 Å². The molecule has 1 atom stereocenters. The van der Waals surface area contributed by atoms with Crippen molar-refractivity contribution in [2.75, 3.05) is 0 Å². The molecule has 132 valence electrons. The second-order valence-corrected chi connectivity index (χ2v) is 7.33. The van der Waals surface area contributed by atoms with Crippen LogP contribution in [0.1, 0.15) is 86.3 Å². The molecule has 0 radical (unpaired) electrons. The zero-order valence-corrected chi connectivity index (χ0v) is 14.1. The molecule has 1 aromatic heterocycles. The monoisotopic (exact) mass is 333 g/mol. The predicted molar refractivity (Wildman–Crippen MR) is 89.9 cm³/mol. The highest BCUT2D eigenvalue weighted by molar-refractivity contribution is 5.92. The molecule has 0 aliphatic heterocycles. The molecule has 1 aromatic rings. The molecule has 2 aliphatic rings. The van der Waals surface area contributed by atoms with Gasteiger partial charge in [0.1, 0.15) is 5.69 Å². The van der Waals surface area contributed by atoms with E-state index < -0.39 is 5.97 Å². The summed E-state index contributed by atoms with van der Waals surface area (Å²) in [7, 11) is 0. The van der Waals surface area contributed by atoms with E-state index in [2.05, 4.69) is 15.5 Å². The molecule has 2 fully saturated rings. The number of nitrogens with zero attached hydrogens (tertiary/aromatic N) is 1. The molecule has 6 heteroatoms. The van der Waals surface area contributed by atoms with E-state index in [4.69, 9.17) is 5.11 Å². The highest BCUT2D eigenvalue weighted by Gasteiger charge is 2.27. The lowest BCUT2D eigenvalue weighted by atomic mass is 9.84. The third-order valence-electron chi connectivity index (χ3n) is 5.23. The molecule has 1 unspecified atom stereocenters. The Balaban J connectivity index is 1.57. The third kappa shape index (κ3) is 4.82. The summed E-state index contributed by atoms with van der Waals surface area (Å²) in [6.45, 7) is 0. The number of hydrogen-bond donors (Lipinski definition) is 3. The summed E-state index contributed by atoms with van der Waals surface area (Å²) in [5.41, 5.74) is 1.45. The van der Waals surface area contributed by atoms with Crippen molar-refractivity contribution in [1.82, 2.24) is 15.5 Å². The van der Waals surface area contributed by atoms with Gasteiger partial charge in [-0.3, -0.25) is 14.7 Å². The SMILES string of the molecule is O=C(O)CCC(CC1CCCCC1)NC(=O)c1cc(C2CC2)[nH]n1. The number of nitrogens with one attached hydrogen (secondary N) is 2. The van der Waals surface area contributed by atoms with E-state index in [1.165, 1.54) is 32.1 Å². The van der Waals surface area contributed by atoms with Crippen LogP contribution in [0, 0.1) is 5.92 Å². The van der Waals surface area contributed by atoms with Crippen molar-refractivity contribution in [3.8, 4) is 0 Å². The molecule has 2 aliphatic carbocycles. The molecule has 0 aromatic carbocycles. The normalized spacial score (nSPS) is 19.8. The van der Waals surface area contributed by atoms with Crippen LogP contribution < -0.4 is 5.32 Å². The highest BCUT2D eigenvalue weighted by Crippen LogP contribution is 2.39. The smallest absolute Gasteiger partial charge is 0.303 e. The van der Waals surface area contributed by atoms with Gasteiger partial charge in [-0.1, -0.05) is 32.1 Å². The minimum absolute atomic E-state index is 0.0854. The maximum absolute atomic E-state index is 12.5. The van der Waals surface area contributed by atoms with E-state index >= 15 is 0 Å². The van der Waals surface area contributed by atoms with Crippen LogP contribution in [0.4, 0.5) is 0 Å². The number of aliphatic carboxylic acids is 1. The topological polar surface area (TPSA) is 95.1 Å². The van der Waals surface area contributed by atoms with E-state index in [-0.39, 0.29) is 18.4 Å². The van der Waals surface area contributed by atoms with Crippen LogP contribution in [0.2, 0.25) is 0 Å². The van der Waals surface area contributed by atoms with E-state index in [1.54, 1.807) is 0 Å². The maximum Gasteiger partial charge on any atom is 0.303 e. The second kappa shape index (κ2) is 7.81. The summed E-state index contributed by atoms with van der Waals surface area (Å²) in [5.74, 6) is 0.126. The Hall–Kier alpha value is -1.85. The van der Waals surface area contributed by atoms with Crippen molar-refractivity contribution < 1.29 is 14.7 Å². The first-order chi connectivity index (χ1) is 11.6. The molecule has 2 saturated carbocycles. The molecular formula is C18H27N3O3. The molecule has 24 heavy (non-hydrogen) atoms. The number of carbonyl (C=O) groups excluding carboxylic acids is 1. The number of aromatic amines is 1. The van der Waals surface area contributed by atoms with Crippen LogP contribution in [0.5, 0.6) is 0 Å². The average molecular weight is 333 g/mol. The number of rotatable bonds is 8. The first-order valence-corrected chi connectivity index (χ1v) is 9.20. The van der Waals surface area contributed by atoms with Gasteiger partial charge in [-0.05, 0) is 37.7 Å². The lowest BCUT2D eigenvalue weighted by Gasteiger charge is -2.26. The Morgan fingerprint density at radius 2 is 2.00 bits per heavy atom. The Morgan fingerprint density at radius 3 is 2.67 bits per heavy atom. The Morgan fingerprint density at radius 1 is 1.25 bits per heavy atom. The fourth-order valence-corrected chi connectivity index (χ4v) is 3.69. The van der Waals surface area contributed by atoms with E-state index in [0.29, 0.717) is 24.0 Å². The fraction of sp³-hybridized carbons (Fsp3) is 0.722. The van der Waals surface area contributed by atoms with Crippen molar-refractivity contribution >= 4 is 11.9 Å². The minimum atomic E-state index is -0.811. The third-order valence-corrected chi connectivity index (χ3v) is 5.23. The van der Waals surface area contributed by atoms with Crippen molar-refractivity contribution in [1.29, 1.82) is 0 Å². The van der Waals surface area contributed by atoms with E-state index in [0.717, 1.165) is 25.0 Å². The van der Waals surface area contributed by atoms with Crippen LogP contribution in [-0.2, 0) is 4.79 Å². The molecule has 0 bridgehead atoms. The number of aromatic nitrogens is 2. The molecule has 1 amide bonds. The maximum atomic E-state index is 12.5. The molecular weight excluding hydrogens is 306 g/mol. The molecule has 1 heterocycles. The van der Waals surface area contributed by atoms with Crippen LogP contribution in [0.15, 0.2) is 6.07 Å². The largest absolute Gasteiger partial charge is 0.481 e. The number of amides is 1. The zero-order valence-electron chi connectivity index (χ0n) is 14.1. The summed E-state index contributed by atoms with van der Waals surface area (Å²) in [4.78, 5) is 23.4. The highest BCUT2D eigenvalue weighted by atomic mass is 16.4. The number of carboxylic acids is 1. The van der Waals surface area contributed by atoms with Crippen LogP contribution in [-0.4, -0.2) is 33.2 Å².